The molecule has 28 heavy (non-hydrogen) atoms. The molecule has 0 aromatic heterocycles. The van der Waals surface area contributed by atoms with Gasteiger partial charge in [-0.05, 0) is 56.2 Å². The molecule has 0 spiro atoms. The van der Waals surface area contributed by atoms with Crippen LogP contribution in [-0.4, -0.2) is 56.2 Å². The van der Waals surface area contributed by atoms with E-state index in [1.807, 2.05) is 0 Å². The molecule has 1 N–H and O–H groups in total. The van der Waals surface area contributed by atoms with Crippen molar-refractivity contribution in [2.75, 3.05) is 33.4 Å². The summed E-state index contributed by atoms with van der Waals surface area (Å²) in [6, 6.07) is 4.30. The Bertz CT molecular complexity index is 683. The van der Waals surface area contributed by atoms with Crippen LogP contribution in [0.2, 0.25) is 0 Å². The fourth-order valence-electron chi connectivity index (χ4n) is 3.86. The molecule has 1 aromatic rings. The van der Waals surface area contributed by atoms with Gasteiger partial charge in [0.1, 0.15) is 0 Å². The van der Waals surface area contributed by atoms with Gasteiger partial charge in [-0.15, -0.1) is 0 Å². The molecule has 1 atom stereocenters. The van der Waals surface area contributed by atoms with Crippen molar-refractivity contribution in [2.45, 2.75) is 44.6 Å². The molecule has 2 heterocycles. The minimum absolute atomic E-state index is 0.0720. The van der Waals surface area contributed by atoms with Crippen molar-refractivity contribution in [1.29, 1.82) is 0 Å². The van der Waals surface area contributed by atoms with E-state index in [2.05, 4.69) is 5.32 Å². The maximum atomic E-state index is 13.8. The largest absolute Gasteiger partial charge is 0.494 e. The highest BCUT2D eigenvalue weighted by Gasteiger charge is 2.25. The van der Waals surface area contributed by atoms with Crippen LogP contribution in [-0.2, 0) is 9.53 Å². The maximum Gasteiger partial charge on any atom is 0.253 e. The van der Waals surface area contributed by atoms with Gasteiger partial charge in [0.05, 0.1) is 13.2 Å². The summed E-state index contributed by atoms with van der Waals surface area (Å²) in [6.45, 7) is 2.66. The molecule has 6 nitrogen and oxygen atoms in total. The van der Waals surface area contributed by atoms with E-state index < -0.39 is 5.82 Å². The highest BCUT2D eigenvalue weighted by atomic mass is 19.1. The number of amides is 2. The van der Waals surface area contributed by atoms with Crippen molar-refractivity contribution >= 4 is 11.8 Å². The fourth-order valence-corrected chi connectivity index (χ4v) is 3.86. The topological polar surface area (TPSA) is 67.9 Å². The van der Waals surface area contributed by atoms with Crippen LogP contribution in [0.3, 0.4) is 0 Å². The van der Waals surface area contributed by atoms with Gasteiger partial charge in [0.15, 0.2) is 11.6 Å². The van der Waals surface area contributed by atoms with Crippen LogP contribution in [0, 0.1) is 11.7 Å². The van der Waals surface area contributed by atoms with E-state index in [1.165, 1.54) is 19.2 Å². The van der Waals surface area contributed by atoms with E-state index >= 15 is 0 Å². The third-order valence-electron chi connectivity index (χ3n) is 5.63. The van der Waals surface area contributed by atoms with Gasteiger partial charge in [-0.1, -0.05) is 0 Å². The Balaban J connectivity index is 1.38. The standard InChI is InChI=1S/C21H29FN2O4/c1-27-19-6-5-16(13-18(19)22)21(26)24-10-8-15(9-11-24)4-7-20(25)23-14-17-3-2-12-28-17/h5-6,13,15,17H,2-4,7-12,14H2,1H3,(H,23,25)/t17-/m0/s1. The first-order chi connectivity index (χ1) is 13.6. The normalized spacial score (nSPS) is 20.2. The van der Waals surface area contributed by atoms with Gasteiger partial charge < -0.3 is 19.7 Å². The summed E-state index contributed by atoms with van der Waals surface area (Å²) < 4.78 is 24.2. The molecule has 0 bridgehead atoms. The molecule has 0 aliphatic carbocycles. The summed E-state index contributed by atoms with van der Waals surface area (Å²) in [5.74, 6) is -0.0487. The molecule has 2 amide bonds. The van der Waals surface area contributed by atoms with E-state index in [-0.39, 0.29) is 23.7 Å². The summed E-state index contributed by atoms with van der Waals surface area (Å²) >= 11 is 0. The lowest BCUT2D eigenvalue weighted by molar-refractivity contribution is -0.122. The molecule has 2 aliphatic heterocycles. The number of hydrogen-bond donors (Lipinski definition) is 1. The number of benzene rings is 1. The Morgan fingerprint density at radius 1 is 1.29 bits per heavy atom. The third kappa shape index (κ3) is 5.44. The first-order valence-corrected chi connectivity index (χ1v) is 10.1. The minimum atomic E-state index is -0.530. The Morgan fingerprint density at radius 3 is 2.71 bits per heavy atom. The van der Waals surface area contributed by atoms with Crippen LogP contribution in [0.25, 0.3) is 0 Å². The summed E-state index contributed by atoms with van der Waals surface area (Å²) in [4.78, 5) is 26.3. The minimum Gasteiger partial charge on any atom is -0.494 e. The molecule has 7 heteroatoms. The van der Waals surface area contributed by atoms with Crippen LogP contribution < -0.4 is 10.1 Å². The smallest absolute Gasteiger partial charge is 0.253 e. The number of carbonyl (C=O) groups excluding carboxylic acids is 2. The van der Waals surface area contributed by atoms with Crippen LogP contribution in [0.4, 0.5) is 4.39 Å². The molecule has 0 saturated carbocycles. The van der Waals surface area contributed by atoms with Gasteiger partial charge >= 0.3 is 0 Å². The zero-order valence-electron chi connectivity index (χ0n) is 16.4. The predicted molar refractivity (Wildman–Crippen MR) is 103 cm³/mol. The number of rotatable bonds is 7. The number of nitrogens with one attached hydrogen (secondary N) is 1. The number of nitrogens with zero attached hydrogens (tertiary/aromatic N) is 1. The van der Waals surface area contributed by atoms with Gasteiger partial charge in [0.2, 0.25) is 5.91 Å². The van der Waals surface area contributed by atoms with Crippen LogP contribution in [0.5, 0.6) is 5.75 Å². The predicted octanol–water partition coefficient (Wildman–Crippen LogP) is 2.76. The van der Waals surface area contributed by atoms with Crippen molar-refractivity contribution < 1.29 is 23.5 Å². The second-order valence-corrected chi connectivity index (χ2v) is 7.56. The number of halogens is 1. The molecule has 1 aromatic carbocycles. The maximum absolute atomic E-state index is 13.8. The zero-order valence-corrected chi connectivity index (χ0v) is 16.4. The lowest BCUT2D eigenvalue weighted by Gasteiger charge is -2.32. The molecular formula is C21H29FN2O4. The van der Waals surface area contributed by atoms with Gasteiger partial charge in [-0.2, -0.15) is 0 Å². The molecule has 2 aliphatic rings. The Labute approximate surface area is 165 Å². The van der Waals surface area contributed by atoms with E-state index in [4.69, 9.17) is 9.47 Å². The number of methoxy groups -OCH3 is 1. The Hall–Kier alpha value is -2.15. The quantitative estimate of drug-likeness (QED) is 0.775. The zero-order chi connectivity index (χ0) is 19.9. The molecule has 0 radical (unpaired) electrons. The van der Waals surface area contributed by atoms with Gasteiger partial charge in [-0.3, -0.25) is 9.59 Å². The number of carbonyl (C=O) groups is 2. The van der Waals surface area contributed by atoms with Crippen molar-refractivity contribution in [3.63, 3.8) is 0 Å². The van der Waals surface area contributed by atoms with Gasteiger partial charge in [-0.25, -0.2) is 4.39 Å². The highest BCUT2D eigenvalue weighted by Crippen LogP contribution is 2.24. The molecule has 0 unspecified atom stereocenters. The highest BCUT2D eigenvalue weighted by molar-refractivity contribution is 5.94. The first-order valence-electron chi connectivity index (χ1n) is 10.1. The van der Waals surface area contributed by atoms with Crippen LogP contribution in [0.15, 0.2) is 18.2 Å². The molecule has 3 rings (SSSR count). The second kappa shape index (κ2) is 9.87. The lowest BCUT2D eigenvalue weighted by atomic mass is 9.91. The van der Waals surface area contributed by atoms with Crippen molar-refractivity contribution in [1.82, 2.24) is 10.2 Å². The van der Waals surface area contributed by atoms with E-state index in [9.17, 15) is 14.0 Å². The fraction of sp³-hybridized carbons (Fsp3) is 0.619. The monoisotopic (exact) mass is 392 g/mol. The number of piperidine rings is 1. The molecule has 154 valence electrons. The summed E-state index contributed by atoms with van der Waals surface area (Å²) in [6.07, 6.45) is 5.32. The Kier molecular flexibility index (Phi) is 7.25. The van der Waals surface area contributed by atoms with Crippen LogP contribution >= 0.6 is 0 Å². The number of hydrogen-bond acceptors (Lipinski definition) is 4. The number of likely N-dealkylation sites (tertiary alicyclic amines) is 1. The van der Waals surface area contributed by atoms with Crippen LogP contribution in [0.1, 0.15) is 48.9 Å². The lowest BCUT2D eigenvalue weighted by Crippen LogP contribution is -2.39. The molecular weight excluding hydrogens is 363 g/mol. The Morgan fingerprint density at radius 2 is 2.07 bits per heavy atom. The van der Waals surface area contributed by atoms with E-state index in [1.54, 1.807) is 11.0 Å². The average Bonchev–Trinajstić information content (AvgIpc) is 3.24. The summed E-state index contributed by atoms with van der Waals surface area (Å²) in [5.41, 5.74) is 0.338. The van der Waals surface area contributed by atoms with E-state index in [0.29, 0.717) is 37.5 Å². The van der Waals surface area contributed by atoms with Gasteiger partial charge in [0.25, 0.3) is 5.91 Å². The first kappa shape index (κ1) is 20.6. The van der Waals surface area contributed by atoms with Crippen molar-refractivity contribution in [3.8, 4) is 5.75 Å². The molecule has 2 saturated heterocycles. The van der Waals surface area contributed by atoms with Crippen molar-refractivity contribution in [3.05, 3.63) is 29.6 Å². The third-order valence-corrected chi connectivity index (χ3v) is 5.63. The van der Waals surface area contributed by atoms with E-state index in [0.717, 1.165) is 38.7 Å². The summed E-state index contributed by atoms with van der Waals surface area (Å²) in [5, 5.41) is 2.95. The number of ether oxygens (including phenoxy) is 2. The summed E-state index contributed by atoms with van der Waals surface area (Å²) in [7, 11) is 1.40. The molecule has 2 fully saturated rings. The van der Waals surface area contributed by atoms with Crippen molar-refractivity contribution in [2.24, 2.45) is 5.92 Å². The second-order valence-electron chi connectivity index (χ2n) is 7.56. The average molecular weight is 392 g/mol. The van der Waals surface area contributed by atoms with Gasteiger partial charge in [0, 0.05) is 38.2 Å². The SMILES string of the molecule is COc1ccc(C(=O)N2CCC(CCC(=O)NC[C@@H]3CCCO3)CC2)cc1F.